The maximum atomic E-state index is 7.94. The van der Waals surface area contributed by atoms with Gasteiger partial charge in [0.25, 0.3) is 0 Å². The Labute approximate surface area is 56.6 Å². The first-order valence-electron chi connectivity index (χ1n) is 1.51. The van der Waals surface area contributed by atoms with Gasteiger partial charge in [-0.15, -0.1) is 0 Å². The van der Waals surface area contributed by atoms with E-state index in [9.17, 15) is 0 Å². The molecule has 0 amide bonds. The molecule has 0 aromatic carbocycles. The summed E-state index contributed by atoms with van der Waals surface area (Å²) in [5.74, 6) is 0. The minimum Gasteiger partial charge on any atom is -0.394 e. The van der Waals surface area contributed by atoms with Gasteiger partial charge in [-0.05, 0) is 0 Å². The Hall–Kier alpha value is 0.803. The largest absolute Gasteiger partial charge is 0.394 e. The summed E-state index contributed by atoms with van der Waals surface area (Å²) >= 11 is 0. The predicted octanol–water partition coefficient (Wildman–Crippen LogP) is -0.756. The van der Waals surface area contributed by atoms with Gasteiger partial charge >= 0.3 is 0 Å². The van der Waals surface area contributed by atoms with Crippen LogP contribution < -0.4 is 0 Å². The van der Waals surface area contributed by atoms with Crippen molar-refractivity contribution < 1.29 is 9.84 Å². The molecule has 0 saturated carbocycles. The molecule has 0 aromatic heterocycles. The van der Waals surface area contributed by atoms with Crippen LogP contribution in [0.5, 0.6) is 0 Å². The summed E-state index contributed by atoms with van der Waals surface area (Å²) in [5.41, 5.74) is 0. The fraction of sp³-hybridized carbons (Fsp3) is 1.00. The second-order valence-corrected chi connectivity index (χ2v) is 0.716. The first-order valence-corrected chi connectivity index (χ1v) is 1.51. The summed E-state index contributed by atoms with van der Waals surface area (Å²) in [6.45, 7) is 0.566. The van der Waals surface area contributed by atoms with E-state index >= 15 is 0 Å². The Morgan fingerprint density at radius 3 is 2.17 bits per heavy atom. The third kappa shape index (κ3) is 8.84. The van der Waals surface area contributed by atoms with Crippen LogP contribution >= 0.6 is 0 Å². The van der Waals surface area contributed by atoms with Gasteiger partial charge in [0.2, 0.25) is 0 Å². The summed E-state index contributed by atoms with van der Waals surface area (Å²) in [6.07, 6.45) is 0. The van der Waals surface area contributed by atoms with Gasteiger partial charge in [0, 0.05) is 33.3 Å². The van der Waals surface area contributed by atoms with Crippen molar-refractivity contribution >= 4 is 26.2 Å². The van der Waals surface area contributed by atoms with Gasteiger partial charge in [0.05, 0.1) is 13.2 Å². The zero-order chi connectivity index (χ0) is 4.12. The van der Waals surface area contributed by atoms with Crippen LogP contribution in [-0.2, 0) is 4.74 Å². The van der Waals surface area contributed by atoms with Crippen LogP contribution in [0, 0.1) is 0 Å². The van der Waals surface area contributed by atoms with Gasteiger partial charge < -0.3 is 9.84 Å². The van der Waals surface area contributed by atoms with Crippen molar-refractivity contribution in [1.29, 1.82) is 0 Å². The van der Waals surface area contributed by atoms with Crippen LogP contribution in [0.3, 0.4) is 0 Å². The molecule has 37 valence electrons. The molecule has 0 aliphatic heterocycles. The van der Waals surface area contributed by atoms with Crippen molar-refractivity contribution in [3.05, 3.63) is 0 Å². The number of methoxy groups -OCH3 is 1. The van der Waals surface area contributed by atoms with Crippen LogP contribution in [0.4, 0.5) is 0 Å². The van der Waals surface area contributed by atoms with Crippen molar-refractivity contribution in [3.63, 3.8) is 0 Å². The van der Waals surface area contributed by atoms with Gasteiger partial charge in [-0.1, -0.05) is 0 Å². The second-order valence-electron chi connectivity index (χ2n) is 0.716. The minimum absolute atomic E-state index is 0. The van der Waals surface area contributed by atoms with Gasteiger partial charge in [0.15, 0.2) is 0 Å². The Bertz CT molecular complexity index is 16.3. The molecule has 0 fully saturated rings. The van der Waals surface area contributed by atoms with Crippen LogP contribution in [0.15, 0.2) is 0 Å². The van der Waals surface area contributed by atoms with Crippen LogP contribution in [0.2, 0.25) is 0 Å². The molecular formula is C3H8BiO2. The van der Waals surface area contributed by atoms with Crippen molar-refractivity contribution in [2.24, 2.45) is 0 Å². The zero-order valence-corrected chi connectivity index (χ0v) is 7.19. The molecule has 0 rings (SSSR count). The molecule has 1 N–H and O–H groups in total. The first kappa shape index (κ1) is 9.93. The average molecular weight is 285 g/mol. The summed E-state index contributed by atoms with van der Waals surface area (Å²) in [6, 6.07) is 0. The number of ether oxygens (including phenoxy) is 1. The molecule has 3 heteroatoms. The van der Waals surface area contributed by atoms with E-state index in [4.69, 9.17) is 5.11 Å². The van der Waals surface area contributed by atoms with Crippen molar-refractivity contribution in [2.75, 3.05) is 20.3 Å². The zero-order valence-electron chi connectivity index (χ0n) is 3.72. The van der Waals surface area contributed by atoms with Gasteiger partial charge in [-0.25, -0.2) is 0 Å². The molecule has 6 heavy (non-hydrogen) atoms. The Balaban J connectivity index is 0. The van der Waals surface area contributed by atoms with Crippen molar-refractivity contribution in [2.45, 2.75) is 0 Å². The number of aliphatic hydroxyl groups excluding tert-OH is 1. The van der Waals surface area contributed by atoms with Gasteiger partial charge in [-0.3, -0.25) is 0 Å². The molecular weight excluding hydrogens is 277 g/mol. The van der Waals surface area contributed by atoms with Gasteiger partial charge in [-0.2, -0.15) is 0 Å². The molecule has 0 bridgehead atoms. The molecule has 2 nitrogen and oxygen atoms in total. The van der Waals surface area contributed by atoms with E-state index in [0.717, 1.165) is 0 Å². The minimum atomic E-state index is 0. The summed E-state index contributed by atoms with van der Waals surface area (Å²) in [5, 5.41) is 7.94. The third-order valence-corrected chi connectivity index (χ3v) is 0.295. The van der Waals surface area contributed by atoms with Crippen molar-refractivity contribution in [3.8, 4) is 0 Å². The van der Waals surface area contributed by atoms with Crippen LogP contribution in [-0.4, -0.2) is 51.6 Å². The first-order chi connectivity index (χ1) is 2.41. The molecule has 0 saturated heterocycles. The number of aliphatic hydroxyl groups is 1. The summed E-state index contributed by atoms with van der Waals surface area (Å²) < 4.78 is 4.44. The molecule has 3 radical (unpaired) electrons. The topological polar surface area (TPSA) is 29.5 Å². The van der Waals surface area contributed by atoms with Crippen molar-refractivity contribution in [1.82, 2.24) is 0 Å². The van der Waals surface area contributed by atoms with E-state index in [2.05, 4.69) is 4.74 Å². The van der Waals surface area contributed by atoms with Crippen LogP contribution in [0.25, 0.3) is 0 Å². The van der Waals surface area contributed by atoms with E-state index in [1.54, 1.807) is 7.11 Å². The number of hydrogen-bond acceptors (Lipinski definition) is 2. The number of hydrogen-bond donors (Lipinski definition) is 1. The quantitative estimate of drug-likeness (QED) is 0.676. The fourth-order valence-electron chi connectivity index (χ4n) is 0.0913. The van der Waals surface area contributed by atoms with Crippen LogP contribution in [0.1, 0.15) is 0 Å². The molecule has 0 aliphatic rings. The van der Waals surface area contributed by atoms with E-state index < -0.39 is 0 Å². The Morgan fingerprint density at radius 2 is 2.17 bits per heavy atom. The Kier molecular flexibility index (Phi) is 15.3. The maximum Gasteiger partial charge on any atom is 0.0693 e. The average Bonchev–Trinajstić information content (AvgIpc) is 1.41. The second kappa shape index (κ2) is 9.26. The van der Waals surface area contributed by atoms with Gasteiger partial charge in [0.1, 0.15) is 0 Å². The molecule has 0 aromatic rings. The standard InChI is InChI=1S/C3H8O2.Bi/c1-5-3-2-4;/h4H,2-3H2,1H3;. The van der Waals surface area contributed by atoms with E-state index in [1.165, 1.54) is 0 Å². The van der Waals surface area contributed by atoms with E-state index in [1.807, 2.05) is 0 Å². The molecule has 0 atom stereocenters. The van der Waals surface area contributed by atoms with E-state index in [-0.39, 0.29) is 32.8 Å². The monoisotopic (exact) mass is 285 g/mol. The molecule has 0 heterocycles. The summed E-state index contributed by atoms with van der Waals surface area (Å²) in [7, 11) is 1.55. The fourth-order valence-corrected chi connectivity index (χ4v) is 0.0913. The molecule has 0 aliphatic carbocycles. The predicted molar refractivity (Wildman–Crippen MR) is 24.7 cm³/mol. The number of rotatable bonds is 2. The maximum absolute atomic E-state index is 7.94. The SMILES string of the molecule is COCCO.[Bi]. The molecule has 0 unspecified atom stereocenters. The summed E-state index contributed by atoms with van der Waals surface area (Å²) in [4.78, 5) is 0. The Morgan fingerprint density at radius 1 is 1.67 bits per heavy atom. The smallest absolute Gasteiger partial charge is 0.0693 e. The normalized spacial score (nSPS) is 7.00. The molecule has 0 spiro atoms. The third-order valence-electron chi connectivity index (χ3n) is 0.295. The van der Waals surface area contributed by atoms with E-state index in [0.29, 0.717) is 6.61 Å².